The summed E-state index contributed by atoms with van der Waals surface area (Å²) in [6.45, 7) is 4.99. The molecule has 1 aromatic carbocycles. The number of benzene rings is 1. The van der Waals surface area contributed by atoms with Gasteiger partial charge in [-0.3, -0.25) is 4.79 Å². The van der Waals surface area contributed by atoms with Gasteiger partial charge in [-0.1, -0.05) is 18.2 Å². The first-order valence-electron chi connectivity index (χ1n) is 7.51. The molecule has 0 N–H and O–H groups in total. The second kappa shape index (κ2) is 6.27. The number of anilines is 1. The third-order valence-electron chi connectivity index (χ3n) is 4.21. The van der Waals surface area contributed by atoms with Gasteiger partial charge in [-0.2, -0.15) is 0 Å². The Morgan fingerprint density at radius 1 is 1.10 bits per heavy atom. The van der Waals surface area contributed by atoms with Gasteiger partial charge in [0.1, 0.15) is 0 Å². The lowest BCUT2D eigenvalue weighted by Gasteiger charge is -2.25. The van der Waals surface area contributed by atoms with Gasteiger partial charge in [-0.05, 0) is 25.0 Å². The van der Waals surface area contributed by atoms with Crippen LogP contribution in [0.15, 0.2) is 30.3 Å². The lowest BCUT2D eigenvalue weighted by molar-refractivity contribution is -0.135. The Bertz CT molecular complexity index is 443. The SMILES string of the molecule is O=C(C1CCOC1)N1CCCN(c2ccccc2)CC1. The minimum absolute atomic E-state index is 0.0956. The predicted octanol–water partition coefficient (Wildman–Crippen LogP) is 1.76. The number of hydrogen-bond acceptors (Lipinski definition) is 3. The first kappa shape index (κ1) is 13.4. The molecule has 0 radical (unpaired) electrons. The molecule has 20 heavy (non-hydrogen) atoms. The summed E-state index contributed by atoms with van der Waals surface area (Å²) in [5.41, 5.74) is 1.26. The molecule has 108 valence electrons. The predicted molar refractivity (Wildman–Crippen MR) is 78.8 cm³/mol. The zero-order chi connectivity index (χ0) is 13.8. The van der Waals surface area contributed by atoms with Gasteiger partial charge in [-0.15, -0.1) is 0 Å². The second-order valence-corrected chi connectivity index (χ2v) is 5.56. The van der Waals surface area contributed by atoms with Crippen LogP contribution in [0, 0.1) is 5.92 Å². The third-order valence-corrected chi connectivity index (χ3v) is 4.21. The lowest BCUT2D eigenvalue weighted by Crippen LogP contribution is -2.39. The molecular weight excluding hydrogens is 252 g/mol. The van der Waals surface area contributed by atoms with Gasteiger partial charge in [0, 0.05) is 38.5 Å². The number of para-hydroxylation sites is 1. The van der Waals surface area contributed by atoms with Crippen LogP contribution in [0.5, 0.6) is 0 Å². The molecule has 0 aliphatic carbocycles. The minimum Gasteiger partial charge on any atom is -0.381 e. The average molecular weight is 274 g/mol. The monoisotopic (exact) mass is 274 g/mol. The molecular formula is C16H22N2O2. The van der Waals surface area contributed by atoms with Gasteiger partial charge in [0.05, 0.1) is 12.5 Å². The minimum atomic E-state index is 0.0956. The highest BCUT2D eigenvalue weighted by atomic mass is 16.5. The van der Waals surface area contributed by atoms with Crippen molar-refractivity contribution in [1.29, 1.82) is 0 Å². The molecule has 2 fully saturated rings. The molecule has 0 aromatic heterocycles. The number of ether oxygens (including phenoxy) is 1. The smallest absolute Gasteiger partial charge is 0.228 e. The first-order chi connectivity index (χ1) is 9.84. The molecule has 0 bridgehead atoms. The van der Waals surface area contributed by atoms with Crippen molar-refractivity contribution in [1.82, 2.24) is 4.90 Å². The fraction of sp³-hybridized carbons (Fsp3) is 0.562. The Labute approximate surface area is 120 Å². The fourth-order valence-corrected chi connectivity index (χ4v) is 3.02. The molecule has 1 unspecified atom stereocenters. The largest absolute Gasteiger partial charge is 0.381 e. The fourth-order valence-electron chi connectivity index (χ4n) is 3.02. The van der Waals surface area contributed by atoms with Crippen molar-refractivity contribution in [3.05, 3.63) is 30.3 Å². The van der Waals surface area contributed by atoms with Crippen molar-refractivity contribution >= 4 is 11.6 Å². The van der Waals surface area contributed by atoms with Crippen LogP contribution in [-0.2, 0) is 9.53 Å². The second-order valence-electron chi connectivity index (χ2n) is 5.56. The van der Waals surface area contributed by atoms with Gasteiger partial charge in [-0.25, -0.2) is 0 Å². The van der Waals surface area contributed by atoms with Gasteiger partial charge < -0.3 is 14.5 Å². The van der Waals surface area contributed by atoms with Crippen molar-refractivity contribution in [2.75, 3.05) is 44.3 Å². The van der Waals surface area contributed by atoms with Crippen molar-refractivity contribution in [3.63, 3.8) is 0 Å². The van der Waals surface area contributed by atoms with E-state index in [-0.39, 0.29) is 11.8 Å². The van der Waals surface area contributed by atoms with Crippen molar-refractivity contribution < 1.29 is 9.53 Å². The van der Waals surface area contributed by atoms with E-state index in [1.165, 1.54) is 5.69 Å². The van der Waals surface area contributed by atoms with Gasteiger partial charge >= 0.3 is 0 Å². The number of hydrogen-bond donors (Lipinski definition) is 0. The quantitative estimate of drug-likeness (QED) is 0.824. The summed E-state index contributed by atoms with van der Waals surface area (Å²) in [7, 11) is 0. The highest BCUT2D eigenvalue weighted by Crippen LogP contribution is 2.19. The zero-order valence-corrected chi connectivity index (χ0v) is 11.8. The molecule has 1 atom stereocenters. The molecule has 2 aliphatic heterocycles. The van der Waals surface area contributed by atoms with Crippen LogP contribution < -0.4 is 4.90 Å². The first-order valence-corrected chi connectivity index (χ1v) is 7.51. The highest BCUT2D eigenvalue weighted by molar-refractivity contribution is 5.79. The van der Waals surface area contributed by atoms with Crippen LogP contribution in [0.1, 0.15) is 12.8 Å². The van der Waals surface area contributed by atoms with Gasteiger partial charge in [0.25, 0.3) is 0 Å². The Kier molecular flexibility index (Phi) is 4.21. The van der Waals surface area contributed by atoms with E-state index in [4.69, 9.17) is 4.74 Å². The number of carbonyl (C=O) groups excluding carboxylic acids is 1. The van der Waals surface area contributed by atoms with Crippen LogP contribution in [0.4, 0.5) is 5.69 Å². The van der Waals surface area contributed by atoms with Gasteiger partial charge in [0.2, 0.25) is 5.91 Å². The van der Waals surface area contributed by atoms with Crippen LogP contribution in [0.2, 0.25) is 0 Å². The summed E-state index contributed by atoms with van der Waals surface area (Å²) in [6, 6.07) is 10.5. The average Bonchev–Trinajstić information content (AvgIpc) is 2.92. The maximum Gasteiger partial charge on any atom is 0.228 e. The summed E-state index contributed by atoms with van der Waals surface area (Å²) in [6.07, 6.45) is 1.92. The van der Waals surface area contributed by atoms with E-state index in [0.29, 0.717) is 6.61 Å². The highest BCUT2D eigenvalue weighted by Gasteiger charge is 2.29. The van der Waals surface area contributed by atoms with Crippen LogP contribution in [0.3, 0.4) is 0 Å². The maximum absolute atomic E-state index is 12.4. The van der Waals surface area contributed by atoms with E-state index in [0.717, 1.165) is 45.6 Å². The van der Waals surface area contributed by atoms with Crippen molar-refractivity contribution in [3.8, 4) is 0 Å². The standard InChI is InChI=1S/C16H22N2O2/c19-16(14-7-12-20-13-14)18-9-4-8-17(10-11-18)15-5-2-1-3-6-15/h1-3,5-6,14H,4,7-13H2. The molecule has 2 aliphatic rings. The lowest BCUT2D eigenvalue weighted by atomic mass is 10.1. The Hall–Kier alpha value is -1.55. The Balaban J connectivity index is 1.60. The van der Waals surface area contributed by atoms with Crippen LogP contribution >= 0.6 is 0 Å². The molecule has 0 spiro atoms. The van der Waals surface area contributed by atoms with E-state index < -0.39 is 0 Å². The molecule has 1 amide bonds. The molecule has 0 saturated carbocycles. The number of carbonyl (C=O) groups is 1. The molecule has 4 nitrogen and oxygen atoms in total. The molecule has 2 saturated heterocycles. The van der Waals surface area contributed by atoms with Crippen molar-refractivity contribution in [2.45, 2.75) is 12.8 Å². The summed E-state index contributed by atoms with van der Waals surface area (Å²) in [5.74, 6) is 0.385. The number of nitrogens with zero attached hydrogens (tertiary/aromatic N) is 2. The van der Waals surface area contributed by atoms with Crippen LogP contribution in [-0.4, -0.2) is 50.2 Å². The third kappa shape index (κ3) is 2.96. The van der Waals surface area contributed by atoms with E-state index in [1.807, 2.05) is 11.0 Å². The van der Waals surface area contributed by atoms with E-state index in [1.54, 1.807) is 0 Å². The summed E-state index contributed by atoms with van der Waals surface area (Å²) >= 11 is 0. The Morgan fingerprint density at radius 2 is 1.95 bits per heavy atom. The van der Waals surface area contributed by atoms with E-state index >= 15 is 0 Å². The Morgan fingerprint density at radius 3 is 2.70 bits per heavy atom. The van der Waals surface area contributed by atoms with Crippen molar-refractivity contribution in [2.24, 2.45) is 5.92 Å². The summed E-state index contributed by atoms with van der Waals surface area (Å²) in [4.78, 5) is 16.8. The summed E-state index contributed by atoms with van der Waals surface area (Å²) in [5, 5.41) is 0. The molecule has 3 rings (SSSR count). The zero-order valence-electron chi connectivity index (χ0n) is 11.8. The molecule has 1 aromatic rings. The van der Waals surface area contributed by atoms with Gasteiger partial charge in [0.15, 0.2) is 0 Å². The van der Waals surface area contributed by atoms with E-state index in [2.05, 4.69) is 29.2 Å². The molecule has 4 heteroatoms. The molecule has 2 heterocycles. The number of amides is 1. The number of rotatable bonds is 2. The normalized spacial score (nSPS) is 23.7. The van der Waals surface area contributed by atoms with Crippen LogP contribution in [0.25, 0.3) is 0 Å². The van der Waals surface area contributed by atoms with E-state index in [9.17, 15) is 4.79 Å². The topological polar surface area (TPSA) is 32.8 Å². The maximum atomic E-state index is 12.4. The summed E-state index contributed by atoms with van der Waals surface area (Å²) < 4.78 is 5.33.